The predicted molar refractivity (Wildman–Crippen MR) is 137 cm³/mol. The van der Waals surface area contributed by atoms with Gasteiger partial charge in [-0.25, -0.2) is 9.77 Å². The minimum absolute atomic E-state index is 0.342. The first-order chi connectivity index (χ1) is 16.1. The number of benzene rings is 3. The van der Waals surface area contributed by atoms with Crippen LogP contribution < -0.4 is 14.9 Å². The fourth-order valence-electron chi connectivity index (χ4n) is 3.25. The second kappa shape index (κ2) is 10.9. The molecule has 1 heterocycles. The van der Waals surface area contributed by atoms with Gasteiger partial charge in [0.05, 0.1) is 13.2 Å². The van der Waals surface area contributed by atoms with Gasteiger partial charge in [-0.1, -0.05) is 76.1 Å². The predicted octanol–water partition coefficient (Wildman–Crippen LogP) is 6.74. The summed E-state index contributed by atoms with van der Waals surface area (Å²) in [6, 6.07) is 21.3. The topological polar surface area (TPSA) is 64.1 Å². The maximum absolute atomic E-state index is 6.26. The van der Waals surface area contributed by atoms with Gasteiger partial charge in [0.1, 0.15) is 6.61 Å². The average molecular weight is 546 g/mol. The van der Waals surface area contributed by atoms with Gasteiger partial charge in [0.15, 0.2) is 17.3 Å². The normalized spacial score (nSPS) is 10.8. The van der Waals surface area contributed by atoms with Gasteiger partial charge in [-0.3, -0.25) is 0 Å². The number of aromatic nitrogens is 3. The molecule has 0 atom stereocenters. The van der Waals surface area contributed by atoms with Crippen LogP contribution in [0.2, 0.25) is 5.02 Å². The van der Waals surface area contributed by atoms with E-state index in [0.717, 1.165) is 21.2 Å². The Bertz CT molecular complexity index is 1290. The summed E-state index contributed by atoms with van der Waals surface area (Å²) in [5.41, 5.74) is 6.19. The summed E-state index contributed by atoms with van der Waals surface area (Å²) in [4.78, 5) is 0. The maximum Gasteiger partial charge on any atom is 0.214 e. The molecule has 4 rings (SSSR count). The third-order valence-electron chi connectivity index (χ3n) is 4.89. The standard InChI is InChI=1S/C24H22BrClN4O2S/c1-2-31-21-12-18(19(25)13-22(21)32-15-17-10-6-7-11-20(17)26)14-27-30-23(28-29-24(30)33)16-8-4-3-5-9-16/h3-13,27H,2,14-15H2,1H3,(H,29,33). The highest BCUT2D eigenvalue weighted by Gasteiger charge is 2.14. The van der Waals surface area contributed by atoms with Gasteiger partial charge in [-0.15, -0.1) is 0 Å². The average Bonchev–Trinajstić information content (AvgIpc) is 3.20. The van der Waals surface area contributed by atoms with E-state index in [4.69, 9.17) is 33.3 Å². The van der Waals surface area contributed by atoms with E-state index in [1.807, 2.05) is 73.7 Å². The highest BCUT2D eigenvalue weighted by molar-refractivity contribution is 9.10. The minimum atomic E-state index is 0.342. The monoisotopic (exact) mass is 544 g/mol. The lowest BCUT2D eigenvalue weighted by atomic mass is 10.2. The van der Waals surface area contributed by atoms with E-state index in [-0.39, 0.29) is 0 Å². The first kappa shape index (κ1) is 23.4. The van der Waals surface area contributed by atoms with Crippen LogP contribution >= 0.6 is 39.7 Å². The van der Waals surface area contributed by atoms with Crippen molar-refractivity contribution in [1.82, 2.24) is 14.9 Å². The van der Waals surface area contributed by atoms with E-state index in [0.29, 0.717) is 46.9 Å². The number of ether oxygens (including phenoxy) is 2. The van der Waals surface area contributed by atoms with Crippen LogP contribution in [-0.4, -0.2) is 21.5 Å². The van der Waals surface area contributed by atoms with E-state index in [2.05, 4.69) is 31.6 Å². The smallest absolute Gasteiger partial charge is 0.214 e. The summed E-state index contributed by atoms with van der Waals surface area (Å²) < 4.78 is 15.0. The Kier molecular flexibility index (Phi) is 7.69. The van der Waals surface area contributed by atoms with Crippen LogP contribution in [0.3, 0.4) is 0 Å². The Morgan fingerprint density at radius 2 is 1.76 bits per heavy atom. The van der Waals surface area contributed by atoms with E-state index in [1.165, 1.54) is 0 Å². The van der Waals surface area contributed by atoms with Crippen LogP contribution in [0.1, 0.15) is 18.1 Å². The van der Waals surface area contributed by atoms with Crippen molar-refractivity contribution in [2.45, 2.75) is 20.1 Å². The Morgan fingerprint density at radius 1 is 1.03 bits per heavy atom. The van der Waals surface area contributed by atoms with Gasteiger partial charge < -0.3 is 14.9 Å². The number of nitrogens with zero attached hydrogens (tertiary/aromatic N) is 2. The van der Waals surface area contributed by atoms with Gasteiger partial charge in [0.2, 0.25) is 4.77 Å². The van der Waals surface area contributed by atoms with Crippen LogP contribution in [0, 0.1) is 4.77 Å². The number of hydrogen-bond donors (Lipinski definition) is 2. The molecule has 6 nitrogen and oxygen atoms in total. The molecule has 0 aliphatic heterocycles. The third kappa shape index (κ3) is 5.58. The summed E-state index contributed by atoms with van der Waals surface area (Å²) in [5, 5.41) is 7.88. The quantitative estimate of drug-likeness (QED) is 0.228. The van der Waals surface area contributed by atoms with Crippen molar-refractivity contribution in [1.29, 1.82) is 0 Å². The molecule has 0 saturated heterocycles. The molecular formula is C24H22BrClN4O2S. The Balaban J connectivity index is 1.55. The SMILES string of the molecule is CCOc1cc(CNn2c(-c3ccccc3)n[nH]c2=S)c(Br)cc1OCc1ccccc1Cl. The van der Waals surface area contributed by atoms with Gasteiger partial charge in [-0.2, -0.15) is 5.10 Å². The molecule has 0 unspecified atom stereocenters. The molecule has 33 heavy (non-hydrogen) atoms. The van der Waals surface area contributed by atoms with E-state index in [1.54, 1.807) is 4.68 Å². The van der Waals surface area contributed by atoms with Crippen molar-refractivity contribution >= 4 is 39.7 Å². The summed E-state index contributed by atoms with van der Waals surface area (Å²) in [6.45, 7) is 3.28. The molecule has 0 aliphatic carbocycles. The summed E-state index contributed by atoms with van der Waals surface area (Å²) in [5.74, 6) is 2.00. The lowest BCUT2D eigenvalue weighted by Crippen LogP contribution is -2.16. The zero-order valence-electron chi connectivity index (χ0n) is 17.8. The Labute approximate surface area is 210 Å². The van der Waals surface area contributed by atoms with Crippen LogP contribution in [0.15, 0.2) is 71.2 Å². The highest BCUT2D eigenvalue weighted by atomic mass is 79.9. The van der Waals surface area contributed by atoms with E-state index in [9.17, 15) is 0 Å². The number of halogens is 2. The molecule has 2 N–H and O–H groups in total. The molecule has 0 aliphatic rings. The van der Waals surface area contributed by atoms with Crippen LogP contribution in [0.25, 0.3) is 11.4 Å². The maximum atomic E-state index is 6.26. The largest absolute Gasteiger partial charge is 0.490 e. The number of hydrogen-bond acceptors (Lipinski definition) is 5. The molecule has 9 heteroatoms. The van der Waals surface area contributed by atoms with Gasteiger partial charge in [-0.05, 0) is 42.9 Å². The molecule has 4 aromatic rings. The fraction of sp³-hybridized carbons (Fsp3) is 0.167. The van der Waals surface area contributed by atoms with Crippen molar-refractivity contribution in [3.8, 4) is 22.9 Å². The van der Waals surface area contributed by atoms with Crippen molar-refractivity contribution in [2.75, 3.05) is 12.0 Å². The third-order valence-corrected chi connectivity index (χ3v) is 6.27. The molecule has 3 aromatic carbocycles. The molecule has 170 valence electrons. The lowest BCUT2D eigenvalue weighted by molar-refractivity contribution is 0.269. The van der Waals surface area contributed by atoms with Gasteiger partial charge >= 0.3 is 0 Å². The lowest BCUT2D eigenvalue weighted by Gasteiger charge is -2.17. The highest BCUT2D eigenvalue weighted by Crippen LogP contribution is 2.35. The zero-order chi connectivity index (χ0) is 23.2. The van der Waals surface area contributed by atoms with Crippen LogP contribution in [0.5, 0.6) is 11.5 Å². The van der Waals surface area contributed by atoms with Gasteiger partial charge in [0, 0.05) is 20.6 Å². The van der Waals surface area contributed by atoms with Crippen molar-refractivity contribution < 1.29 is 9.47 Å². The van der Waals surface area contributed by atoms with Crippen molar-refractivity contribution in [3.63, 3.8) is 0 Å². The molecule has 0 fully saturated rings. The number of rotatable bonds is 9. The summed E-state index contributed by atoms with van der Waals surface area (Å²) >= 11 is 15.3. The number of H-pyrrole nitrogens is 1. The molecule has 0 saturated carbocycles. The summed E-state index contributed by atoms with van der Waals surface area (Å²) in [7, 11) is 0. The second-order valence-corrected chi connectivity index (χ2v) is 8.74. The second-order valence-electron chi connectivity index (χ2n) is 7.09. The summed E-state index contributed by atoms with van der Waals surface area (Å²) in [6.07, 6.45) is 0. The molecule has 0 amide bonds. The molecule has 0 bridgehead atoms. The first-order valence-electron chi connectivity index (χ1n) is 10.3. The molecule has 0 radical (unpaired) electrons. The van der Waals surface area contributed by atoms with Crippen LogP contribution in [-0.2, 0) is 13.2 Å². The molecule has 1 aromatic heterocycles. The van der Waals surface area contributed by atoms with E-state index < -0.39 is 0 Å². The number of nitrogens with one attached hydrogen (secondary N) is 2. The number of aromatic amines is 1. The van der Waals surface area contributed by atoms with Crippen molar-refractivity contribution in [2.24, 2.45) is 0 Å². The Morgan fingerprint density at radius 3 is 2.52 bits per heavy atom. The molecule has 0 spiro atoms. The minimum Gasteiger partial charge on any atom is -0.490 e. The fourth-order valence-corrected chi connectivity index (χ4v) is 4.10. The zero-order valence-corrected chi connectivity index (χ0v) is 21.0. The van der Waals surface area contributed by atoms with Crippen molar-refractivity contribution in [3.05, 3.63) is 92.1 Å². The van der Waals surface area contributed by atoms with E-state index >= 15 is 0 Å². The first-order valence-corrected chi connectivity index (χ1v) is 11.9. The van der Waals surface area contributed by atoms with Gasteiger partial charge in [0.25, 0.3) is 0 Å². The van der Waals surface area contributed by atoms with Crippen LogP contribution in [0.4, 0.5) is 0 Å². The Hall–Kier alpha value is -2.81. The molecular weight excluding hydrogens is 524 g/mol.